The van der Waals surface area contributed by atoms with Crippen molar-refractivity contribution in [1.29, 1.82) is 0 Å². The van der Waals surface area contributed by atoms with E-state index in [1.54, 1.807) is 12.1 Å². The van der Waals surface area contributed by atoms with Gasteiger partial charge in [0.25, 0.3) is 0 Å². The molecule has 0 bridgehead atoms. The van der Waals surface area contributed by atoms with Crippen LogP contribution >= 0.6 is 23.2 Å². The van der Waals surface area contributed by atoms with Crippen molar-refractivity contribution >= 4 is 23.2 Å². The normalized spacial score (nSPS) is 16.6. The third-order valence-corrected chi connectivity index (χ3v) is 4.21. The molecule has 92 valence electrons. The van der Waals surface area contributed by atoms with Crippen molar-refractivity contribution in [1.82, 2.24) is 0 Å². The number of rotatable bonds is 1. The summed E-state index contributed by atoms with van der Waals surface area (Å²) in [7, 11) is 0. The molecule has 0 aromatic heterocycles. The average molecular weight is 282 g/mol. The molecule has 2 aromatic rings. The molecule has 1 aliphatic carbocycles. The summed E-state index contributed by atoms with van der Waals surface area (Å²) in [6.45, 7) is 0.418. The van der Waals surface area contributed by atoms with Crippen molar-refractivity contribution in [2.75, 3.05) is 6.54 Å². The molecule has 4 heteroatoms. The van der Waals surface area contributed by atoms with E-state index in [1.807, 2.05) is 12.1 Å². The van der Waals surface area contributed by atoms with Gasteiger partial charge in [-0.3, -0.25) is 0 Å². The highest BCUT2D eigenvalue weighted by Crippen LogP contribution is 2.50. The van der Waals surface area contributed by atoms with Gasteiger partial charge in [0.2, 0.25) is 0 Å². The van der Waals surface area contributed by atoms with Crippen LogP contribution in [0.5, 0.6) is 0 Å². The summed E-state index contributed by atoms with van der Waals surface area (Å²) < 4.78 is 14.0. The molecule has 0 radical (unpaired) electrons. The number of hydrogen-bond donors (Lipinski definition) is 1. The SMILES string of the molecule is NCC1c2cccc(F)c2-c2c1ccc(Cl)c2Cl. The van der Waals surface area contributed by atoms with Gasteiger partial charge in [-0.2, -0.15) is 0 Å². The van der Waals surface area contributed by atoms with Crippen molar-refractivity contribution in [3.8, 4) is 11.1 Å². The van der Waals surface area contributed by atoms with Gasteiger partial charge in [0, 0.05) is 23.6 Å². The Balaban J connectivity index is 2.41. The Labute approximate surface area is 114 Å². The van der Waals surface area contributed by atoms with E-state index in [0.717, 1.165) is 11.1 Å². The van der Waals surface area contributed by atoms with Crippen LogP contribution in [-0.2, 0) is 0 Å². The van der Waals surface area contributed by atoms with Crippen molar-refractivity contribution in [3.05, 3.63) is 57.3 Å². The number of benzene rings is 2. The lowest BCUT2D eigenvalue weighted by Crippen LogP contribution is -2.11. The summed E-state index contributed by atoms with van der Waals surface area (Å²) in [6, 6.07) is 8.62. The topological polar surface area (TPSA) is 26.0 Å². The van der Waals surface area contributed by atoms with Gasteiger partial charge in [-0.05, 0) is 23.3 Å². The van der Waals surface area contributed by atoms with E-state index in [1.165, 1.54) is 6.07 Å². The highest BCUT2D eigenvalue weighted by atomic mass is 35.5. The first kappa shape index (κ1) is 12.0. The van der Waals surface area contributed by atoms with E-state index in [2.05, 4.69) is 0 Å². The van der Waals surface area contributed by atoms with Gasteiger partial charge >= 0.3 is 0 Å². The van der Waals surface area contributed by atoms with Crippen LogP contribution in [0.2, 0.25) is 10.0 Å². The number of hydrogen-bond acceptors (Lipinski definition) is 1. The van der Waals surface area contributed by atoms with E-state index >= 15 is 0 Å². The third-order valence-electron chi connectivity index (χ3n) is 3.41. The van der Waals surface area contributed by atoms with Crippen LogP contribution in [-0.4, -0.2) is 6.54 Å². The highest BCUT2D eigenvalue weighted by molar-refractivity contribution is 6.44. The van der Waals surface area contributed by atoms with Crippen molar-refractivity contribution in [3.63, 3.8) is 0 Å². The maximum atomic E-state index is 14.0. The zero-order chi connectivity index (χ0) is 12.9. The Kier molecular flexibility index (Phi) is 2.81. The number of nitrogens with two attached hydrogens (primary N) is 1. The molecule has 0 saturated heterocycles. The molecule has 1 unspecified atom stereocenters. The van der Waals surface area contributed by atoms with E-state index < -0.39 is 0 Å². The molecule has 0 spiro atoms. The highest BCUT2D eigenvalue weighted by Gasteiger charge is 2.32. The molecule has 1 atom stereocenters. The van der Waals surface area contributed by atoms with Crippen LogP contribution in [0, 0.1) is 5.82 Å². The first-order valence-corrected chi connectivity index (χ1v) is 6.37. The summed E-state index contributed by atoms with van der Waals surface area (Å²) >= 11 is 12.2. The standard InChI is InChI=1S/C14H10Cl2FN/c15-10-5-4-8-9(6-18)7-2-1-3-11(17)12(7)13(8)14(10)16/h1-5,9H,6,18H2. The van der Waals surface area contributed by atoms with E-state index in [-0.39, 0.29) is 11.7 Å². The van der Waals surface area contributed by atoms with Crippen LogP contribution in [0.15, 0.2) is 30.3 Å². The summed E-state index contributed by atoms with van der Waals surface area (Å²) in [5.41, 5.74) is 8.87. The lowest BCUT2D eigenvalue weighted by atomic mass is 9.97. The van der Waals surface area contributed by atoms with Crippen LogP contribution in [0.3, 0.4) is 0 Å². The maximum Gasteiger partial charge on any atom is 0.131 e. The number of fused-ring (bicyclic) bond motifs is 3. The molecule has 1 aliphatic rings. The summed E-state index contributed by atoms with van der Waals surface area (Å²) in [5, 5.41) is 0.832. The monoisotopic (exact) mass is 281 g/mol. The molecule has 0 fully saturated rings. The Hall–Kier alpha value is -1.09. The quantitative estimate of drug-likeness (QED) is 0.833. The van der Waals surface area contributed by atoms with E-state index in [4.69, 9.17) is 28.9 Å². The Bertz CT molecular complexity index is 640. The van der Waals surface area contributed by atoms with Gasteiger partial charge in [-0.25, -0.2) is 4.39 Å². The number of halogens is 3. The van der Waals surface area contributed by atoms with Gasteiger partial charge in [-0.15, -0.1) is 0 Å². The maximum absolute atomic E-state index is 14.0. The van der Waals surface area contributed by atoms with Crippen LogP contribution in [0.4, 0.5) is 4.39 Å². The Morgan fingerprint density at radius 2 is 1.78 bits per heavy atom. The molecule has 0 heterocycles. The molecule has 0 saturated carbocycles. The second kappa shape index (κ2) is 4.23. The minimum absolute atomic E-state index is 0.0135. The van der Waals surface area contributed by atoms with Crippen LogP contribution < -0.4 is 5.73 Å². The predicted molar refractivity (Wildman–Crippen MR) is 72.8 cm³/mol. The van der Waals surface area contributed by atoms with Crippen molar-refractivity contribution in [2.45, 2.75) is 5.92 Å². The second-order valence-electron chi connectivity index (χ2n) is 4.32. The average Bonchev–Trinajstić information content (AvgIpc) is 2.69. The van der Waals surface area contributed by atoms with E-state index in [9.17, 15) is 4.39 Å². The molecule has 1 nitrogen and oxygen atoms in total. The Morgan fingerprint density at radius 3 is 2.50 bits per heavy atom. The third kappa shape index (κ3) is 1.50. The summed E-state index contributed by atoms with van der Waals surface area (Å²) in [4.78, 5) is 0. The van der Waals surface area contributed by atoms with Crippen LogP contribution in [0.1, 0.15) is 17.0 Å². The minimum atomic E-state index is -0.283. The molecule has 0 aliphatic heterocycles. The molecule has 2 aromatic carbocycles. The summed E-state index contributed by atoms with van der Waals surface area (Å²) in [6.07, 6.45) is 0. The first-order chi connectivity index (χ1) is 8.65. The Morgan fingerprint density at radius 1 is 1.06 bits per heavy atom. The molecular weight excluding hydrogens is 272 g/mol. The van der Waals surface area contributed by atoms with E-state index in [0.29, 0.717) is 27.7 Å². The van der Waals surface area contributed by atoms with Gasteiger partial charge < -0.3 is 5.73 Å². The molecule has 18 heavy (non-hydrogen) atoms. The fourth-order valence-electron chi connectivity index (χ4n) is 2.63. The zero-order valence-electron chi connectivity index (χ0n) is 9.38. The van der Waals surface area contributed by atoms with Gasteiger partial charge in [0.1, 0.15) is 5.82 Å². The zero-order valence-corrected chi connectivity index (χ0v) is 10.9. The van der Waals surface area contributed by atoms with Gasteiger partial charge in [-0.1, -0.05) is 41.4 Å². The fraction of sp³-hybridized carbons (Fsp3) is 0.143. The first-order valence-electron chi connectivity index (χ1n) is 5.62. The largest absolute Gasteiger partial charge is 0.330 e. The van der Waals surface area contributed by atoms with Gasteiger partial charge in [0.05, 0.1) is 10.0 Å². The smallest absolute Gasteiger partial charge is 0.131 e. The molecule has 0 amide bonds. The van der Waals surface area contributed by atoms with Gasteiger partial charge in [0.15, 0.2) is 0 Å². The van der Waals surface area contributed by atoms with Crippen molar-refractivity contribution in [2.24, 2.45) is 5.73 Å². The fourth-order valence-corrected chi connectivity index (χ4v) is 3.05. The summed E-state index contributed by atoms with van der Waals surface area (Å²) in [5.74, 6) is -0.297. The lowest BCUT2D eigenvalue weighted by Gasteiger charge is -2.10. The second-order valence-corrected chi connectivity index (χ2v) is 5.10. The predicted octanol–water partition coefficient (Wildman–Crippen LogP) is 4.20. The molecule has 2 N–H and O–H groups in total. The van der Waals surface area contributed by atoms with Crippen molar-refractivity contribution < 1.29 is 4.39 Å². The minimum Gasteiger partial charge on any atom is -0.330 e. The molecule has 3 rings (SSSR count). The van der Waals surface area contributed by atoms with Crippen LogP contribution in [0.25, 0.3) is 11.1 Å². The lowest BCUT2D eigenvalue weighted by molar-refractivity contribution is 0.630. The molecular formula is C14H10Cl2FN.